The monoisotopic (exact) mass is 473 g/mol. The second kappa shape index (κ2) is 9.82. The fraction of sp³-hybridized carbons (Fsp3) is 0.400. The molecule has 5 nitrogen and oxygen atoms in total. The van der Waals surface area contributed by atoms with Crippen LogP contribution in [0, 0.1) is 0 Å². The molecule has 0 bridgehead atoms. The number of hydrogen-bond acceptors (Lipinski definition) is 5. The fourth-order valence-corrected chi connectivity index (χ4v) is 5.64. The van der Waals surface area contributed by atoms with Crippen molar-refractivity contribution in [2.45, 2.75) is 50.5 Å². The minimum atomic E-state index is -0.322. The molecule has 0 amide bonds. The zero-order chi connectivity index (χ0) is 24.4. The van der Waals surface area contributed by atoms with Gasteiger partial charge in [-0.05, 0) is 79.5 Å². The Morgan fingerprint density at radius 2 is 1.51 bits per heavy atom. The van der Waals surface area contributed by atoms with Crippen LogP contribution in [-0.4, -0.2) is 41.4 Å². The molecule has 5 rings (SSSR count). The molecule has 0 saturated carbocycles. The Hall–Kier alpha value is -3.18. The average Bonchev–Trinajstić information content (AvgIpc) is 2.86. The van der Waals surface area contributed by atoms with Gasteiger partial charge in [0.05, 0.1) is 0 Å². The van der Waals surface area contributed by atoms with Gasteiger partial charge in [-0.15, -0.1) is 0 Å². The summed E-state index contributed by atoms with van der Waals surface area (Å²) in [6.45, 7) is 8.39. The smallest absolute Gasteiger partial charge is 0.131 e. The molecule has 2 aliphatic heterocycles. The van der Waals surface area contributed by atoms with Crippen LogP contribution in [0.4, 0.5) is 0 Å². The Kier molecular flexibility index (Phi) is 6.61. The van der Waals surface area contributed by atoms with Crippen molar-refractivity contribution in [1.29, 1.82) is 0 Å². The molecule has 184 valence electrons. The molecule has 3 aromatic carbocycles. The number of likely N-dealkylation sites (tertiary alicyclic amines) is 1. The number of phenolic OH excluding ortho intramolecular Hbond substituents is 2. The molecule has 0 aromatic heterocycles. The first kappa shape index (κ1) is 23.6. The molecular formula is C30H35NO4. The van der Waals surface area contributed by atoms with Crippen molar-refractivity contribution in [1.82, 2.24) is 4.90 Å². The van der Waals surface area contributed by atoms with Gasteiger partial charge in [-0.3, -0.25) is 4.90 Å². The number of fused-ring (bicyclic) bond motifs is 1. The van der Waals surface area contributed by atoms with Gasteiger partial charge in [0.15, 0.2) is 0 Å². The van der Waals surface area contributed by atoms with E-state index in [1.807, 2.05) is 30.3 Å². The zero-order valence-electron chi connectivity index (χ0n) is 20.6. The van der Waals surface area contributed by atoms with Gasteiger partial charge < -0.3 is 19.7 Å². The molecule has 1 fully saturated rings. The summed E-state index contributed by atoms with van der Waals surface area (Å²) in [5.74, 6) is 2.10. The Balaban J connectivity index is 1.40. The van der Waals surface area contributed by atoms with Crippen LogP contribution >= 0.6 is 0 Å². The Bertz CT molecular complexity index is 1130. The second-order valence-corrected chi connectivity index (χ2v) is 10.3. The molecule has 0 unspecified atom stereocenters. The van der Waals surface area contributed by atoms with E-state index in [1.165, 1.54) is 32.4 Å². The normalized spacial score (nSPS) is 21.7. The summed E-state index contributed by atoms with van der Waals surface area (Å²) in [6.07, 6.45) is 3.69. The van der Waals surface area contributed by atoms with Crippen LogP contribution in [0.3, 0.4) is 0 Å². The van der Waals surface area contributed by atoms with E-state index >= 15 is 0 Å². The molecule has 5 heteroatoms. The van der Waals surface area contributed by atoms with E-state index in [9.17, 15) is 10.2 Å². The summed E-state index contributed by atoms with van der Waals surface area (Å²) < 4.78 is 12.6. The number of nitrogens with zero attached hydrogens (tertiary/aromatic N) is 1. The maximum absolute atomic E-state index is 10.2. The van der Waals surface area contributed by atoms with Crippen LogP contribution in [0.1, 0.15) is 61.8 Å². The molecule has 2 aliphatic rings. The predicted molar refractivity (Wildman–Crippen MR) is 138 cm³/mol. The van der Waals surface area contributed by atoms with Gasteiger partial charge in [-0.1, -0.05) is 44.5 Å². The lowest BCUT2D eigenvalue weighted by Crippen LogP contribution is -2.38. The number of rotatable bonds is 6. The number of ether oxygens (including phenoxy) is 2. The van der Waals surface area contributed by atoms with Crippen LogP contribution in [0.2, 0.25) is 0 Å². The number of phenols is 2. The average molecular weight is 474 g/mol. The molecule has 1 saturated heterocycles. The van der Waals surface area contributed by atoms with Gasteiger partial charge in [-0.2, -0.15) is 0 Å². The molecule has 0 radical (unpaired) electrons. The number of aromatic hydroxyl groups is 2. The lowest BCUT2D eigenvalue weighted by Gasteiger charge is -2.45. The molecule has 0 spiro atoms. The minimum Gasteiger partial charge on any atom is -0.508 e. The van der Waals surface area contributed by atoms with Crippen molar-refractivity contribution in [2.24, 2.45) is 0 Å². The summed E-state index contributed by atoms with van der Waals surface area (Å²) in [5, 5.41) is 20.0. The Morgan fingerprint density at radius 3 is 2.23 bits per heavy atom. The van der Waals surface area contributed by atoms with Crippen molar-refractivity contribution in [3.8, 4) is 23.0 Å². The highest BCUT2D eigenvalue weighted by Crippen LogP contribution is 2.55. The van der Waals surface area contributed by atoms with E-state index in [0.717, 1.165) is 34.7 Å². The second-order valence-electron chi connectivity index (χ2n) is 10.3. The molecule has 2 heterocycles. The Morgan fingerprint density at radius 1 is 0.857 bits per heavy atom. The lowest BCUT2D eigenvalue weighted by atomic mass is 9.65. The Labute approximate surface area is 207 Å². The third-order valence-electron chi connectivity index (χ3n) is 7.58. The van der Waals surface area contributed by atoms with Gasteiger partial charge in [0, 0.05) is 23.4 Å². The number of piperidine rings is 1. The maximum Gasteiger partial charge on any atom is 0.131 e. The molecular weight excluding hydrogens is 438 g/mol. The van der Waals surface area contributed by atoms with E-state index in [-0.39, 0.29) is 28.9 Å². The van der Waals surface area contributed by atoms with Gasteiger partial charge >= 0.3 is 0 Å². The van der Waals surface area contributed by atoms with Crippen molar-refractivity contribution in [3.05, 3.63) is 83.4 Å². The highest BCUT2D eigenvalue weighted by Gasteiger charge is 2.45. The third kappa shape index (κ3) is 4.96. The number of hydrogen-bond donors (Lipinski definition) is 2. The first-order valence-electron chi connectivity index (χ1n) is 12.7. The standard InChI is InChI=1S/C30H35NO4/c1-30(2)26-20-24(33)12-15-27(26)35-29(28(30)21-6-10-23(32)11-7-21)22-8-13-25(14-9-22)34-19-18-31-16-4-3-5-17-31/h6-15,20,28-29,32-33H,3-5,16-19H2,1-2H3/t28-,29+/m1/s1. The van der Waals surface area contributed by atoms with Gasteiger partial charge in [-0.25, -0.2) is 0 Å². The topological polar surface area (TPSA) is 62.2 Å². The quantitative estimate of drug-likeness (QED) is 0.449. The fourth-order valence-electron chi connectivity index (χ4n) is 5.64. The summed E-state index contributed by atoms with van der Waals surface area (Å²) >= 11 is 0. The van der Waals surface area contributed by atoms with Crippen molar-refractivity contribution >= 4 is 0 Å². The summed E-state index contributed by atoms with van der Waals surface area (Å²) in [5.41, 5.74) is 2.80. The van der Waals surface area contributed by atoms with E-state index < -0.39 is 0 Å². The van der Waals surface area contributed by atoms with E-state index in [1.54, 1.807) is 24.3 Å². The van der Waals surface area contributed by atoms with E-state index in [4.69, 9.17) is 9.47 Å². The van der Waals surface area contributed by atoms with Gasteiger partial charge in [0.25, 0.3) is 0 Å². The van der Waals surface area contributed by atoms with Crippen LogP contribution in [0.5, 0.6) is 23.0 Å². The van der Waals surface area contributed by atoms with E-state index in [2.05, 4.69) is 30.9 Å². The first-order chi connectivity index (χ1) is 16.9. The zero-order valence-corrected chi connectivity index (χ0v) is 20.6. The van der Waals surface area contributed by atoms with Crippen molar-refractivity contribution in [2.75, 3.05) is 26.2 Å². The molecule has 0 aliphatic carbocycles. The van der Waals surface area contributed by atoms with Crippen molar-refractivity contribution < 1.29 is 19.7 Å². The third-order valence-corrected chi connectivity index (χ3v) is 7.58. The van der Waals surface area contributed by atoms with Gasteiger partial charge in [0.2, 0.25) is 0 Å². The number of benzene rings is 3. The lowest BCUT2D eigenvalue weighted by molar-refractivity contribution is 0.104. The largest absolute Gasteiger partial charge is 0.508 e. The SMILES string of the molecule is CC1(C)c2cc(O)ccc2O[C@@H](c2ccc(OCCN3CCCCC3)cc2)[C@H]1c1ccc(O)cc1. The highest BCUT2D eigenvalue weighted by molar-refractivity contribution is 5.50. The predicted octanol–water partition coefficient (Wildman–Crippen LogP) is 6.16. The highest BCUT2D eigenvalue weighted by atomic mass is 16.5. The van der Waals surface area contributed by atoms with Gasteiger partial charge in [0.1, 0.15) is 35.7 Å². The summed E-state index contributed by atoms with van der Waals surface area (Å²) in [4.78, 5) is 2.48. The van der Waals surface area contributed by atoms with Crippen LogP contribution in [0.25, 0.3) is 0 Å². The molecule has 3 aromatic rings. The molecule has 35 heavy (non-hydrogen) atoms. The van der Waals surface area contributed by atoms with Crippen molar-refractivity contribution in [3.63, 3.8) is 0 Å². The first-order valence-corrected chi connectivity index (χ1v) is 12.7. The van der Waals surface area contributed by atoms with Crippen LogP contribution in [0.15, 0.2) is 66.7 Å². The summed E-state index contributed by atoms with van der Waals surface area (Å²) in [7, 11) is 0. The molecule has 2 atom stereocenters. The molecule has 2 N–H and O–H groups in total. The van der Waals surface area contributed by atoms with E-state index in [0.29, 0.717) is 6.61 Å². The summed E-state index contributed by atoms with van der Waals surface area (Å²) in [6, 6.07) is 20.9. The van der Waals surface area contributed by atoms with Crippen LogP contribution < -0.4 is 9.47 Å². The van der Waals surface area contributed by atoms with Crippen LogP contribution in [-0.2, 0) is 5.41 Å². The maximum atomic E-state index is 10.2. The minimum absolute atomic E-state index is 0.0248.